The lowest BCUT2D eigenvalue weighted by molar-refractivity contribution is 0.399. The van der Waals surface area contributed by atoms with E-state index in [0.717, 1.165) is 30.0 Å². The van der Waals surface area contributed by atoms with Crippen LogP contribution in [0.15, 0.2) is 24.4 Å². The van der Waals surface area contributed by atoms with Gasteiger partial charge in [0, 0.05) is 25.4 Å². The van der Waals surface area contributed by atoms with Gasteiger partial charge in [-0.05, 0) is 36.5 Å². The first-order chi connectivity index (χ1) is 9.81. The van der Waals surface area contributed by atoms with Crippen LogP contribution < -0.4 is 9.64 Å². The van der Waals surface area contributed by atoms with Gasteiger partial charge in [-0.25, -0.2) is 4.98 Å². The average Bonchev–Trinajstić information content (AvgIpc) is 2.95. The van der Waals surface area contributed by atoms with E-state index in [0.29, 0.717) is 5.88 Å². The van der Waals surface area contributed by atoms with Crippen molar-refractivity contribution in [2.75, 3.05) is 37.1 Å². The number of anilines is 1. The Morgan fingerprint density at radius 3 is 3.10 bits per heavy atom. The molecule has 1 fully saturated rings. The molecule has 0 saturated carbocycles. The van der Waals surface area contributed by atoms with Crippen LogP contribution in [0.4, 0.5) is 5.69 Å². The second kappa shape index (κ2) is 5.87. The van der Waals surface area contributed by atoms with Crippen LogP contribution in [0.3, 0.4) is 0 Å². The van der Waals surface area contributed by atoms with Crippen LogP contribution in [0.1, 0.15) is 6.42 Å². The van der Waals surface area contributed by atoms with Crippen LogP contribution in [-0.4, -0.2) is 42.2 Å². The lowest BCUT2D eigenvalue weighted by Gasteiger charge is -2.20. The minimum absolute atomic E-state index is 0.645. The molecule has 0 N–H and O–H groups in total. The summed E-state index contributed by atoms with van der Waals surface area (Å²) in [5, 5.41) is 0. The molecule has 106 valence electrons. The quantitative estimate of drug-likeness (QED) is 0.865. The Morgan fingerprint density at radius 2 is 2.30 bits per heavy atom. The van der Waals surface area contributed by atoms with Crippen molar-refractivity contribution in [3.05, 3.63) is 24.4 Å². The van der Waals surface area contributed by atoms with E-state index in [1.807, 2.05) is 30.1 Å². The molecule has 3 heterocycles. The molecule has 1 atom stereocenters. The largest absolute Gasteiger partial charge is 0.481 e. The van der Waals surface area contributed by atoms with Gasteiger partial charge in [0.1, 0.15) is 5.52 Å². The van der Waals surface area contributed by atoms with Crippen molar-refractivity contribution in [1.29, 1.82) is 0 Å². The highest BCUT2D eigenvalue weighted by Gasteiger charge is 2.24. The van der Waals surface area contributed by atoms with Crippen LogP contribution in [0.25, 0.3) is 11.0 Å². The van der Waals surface area contributed by atoms with E-state index in [-0.39, 0.29) is 0 Å². The molecule has 1 unspecified atom stereocenters. The van der Waals surface area contributed by atoms with E-state index < -0.39 is 0 Å². The molecular formula is C15H19N3OS. The summed E-state index contributed by atoms with van der Waals surface area (Å²) in [4.78, 5) is 11.4. The Balaban J connectivity index is 1.95. The fourth-order valence-corrected chi connectivity index (χ4v) is 3.53. The van der Waals surface area contributed by atoms with Crippen molar-refractivity contribution in [3.63, 3.8) is 0 Å². The van der Waals surface area contributed by atoms with Gasteiger partial charge in [-0.1, -0.05) is 0 Å². The maximum absolute atomic E-state index is 5.24. The highest BCUT2D eigenvalue weighted by atomic mass is 32.2. The maximum atomic E-state index is 5.24. The van der Waals surface area contributed by atoms with Gasteiger partial charge in [0.05, 0.1) is 18.3 Å². The molecule has 0 spiro atoms. The van der Waals surface area contributed by atoms with Crippen LogP contribution in [0, 0.1) is 5.92 Å². The van der Waals surface area contributed by atoms with Crippen molar-refractivity contribution < 1.29 is 4.74 Å². The molecule has 0 bridgehead atoms. The number of thioether (sulfide) groups is 1. The highest BCUT2D eigenvalue weighted by Crippen LogP contribution is 2.30. The first-order valence-corrected chi connectivity index (χ1v) is 8.25. The smallest absolute Gasteiger partial charge is 0.213 e. The van der Waals surface area contributed by atoms with Crippen molar-refractivity contribution in [1.82, 2.24) is 9.97 Å². The molecule has 4 nitrogen and oxygen atoms in total. The Hall–Kier alpha value is -1.49. The first kappa shape index (κ1) is 13.5. The number of ether oxygens (including phenoxy) is 1. The molecule has 0 aromatic carbocycles. The summed E-state index contributed by atoms with van der Waals surface area (Å²) in [6, 6.07) is 5.90. The number of nitrogens with zero attached hydrogens (tertiary/aromatic N) is 3. The number of fused-ring (bicyclic) bond motifs is 1. The summed E-state index contributed by atoms with van der Waals surface area (Å²) in [5.74, 6) is 2.65. The fraction of sp³-hybridized carbons (Fsp3) is 0.467. The van der Waals surface area contributed by atoms with E-state index in [1.165, 1.54) is 17.9 Å². The zero-order chi connectivity index (χ0) is 13.9. The fourth-order valence-electron chi connectivity index (χ4n) is 2.79. The van der Waals surface area contributed by atoms with Crippen molar-refractivity contribution in [2.45, 2.75) is 6.42 Å². The predicted octanol–water partition coefficient (Wildman–Crippen LogP) is 2.83. The van der Waals surface area contributed by atoms with Crippen LogP contribution >= 0.6 is 11.8 Å². The molecule has 1 aliphatic heterocycles. The minimum Gasteiger partial charge on any atom is -0.481 e. The molecule has 2 aromatic heterocycles. The van der Waals surface area contributed by atoms with E-state index in [1.54, 1.807) is 7.11 Å². The summed E-state index contributed by atoms with van der Waals surface area (Å²) in [7, 11) is 1.65. The van der Waals surface area contributed by atoms with Gasteiger partial charge in [0.15, 0.2) is 0 Å². The molecule has 5 heteroatoms. The van der Waals surface area contributed by atoms with Gasteiger partial charge < -0.3 is 9.64 Å². The summed E-state index contributed by atoms with van der Waals surface area (Å²) in [5.41, 5.74) is 3.05. The third-order valence-corrected chi connectivity index (χ3v) is 4.58. The second-order valence-electron chi connectivity index (χ2n) is 5.11. The van der Waals surface area contributed by atoms with Gasteiger partial charge in [-0.15, -0.1) is 0 Å². The summed E-state index contributed by atoms with van der Waals surface area (Å²) in [6.07, 6.45) is 5.30. The summed E-state index contributed by atoms with van der Waals surface area (Å²) >= 11 is 1.93. The number of rotatable bonds is 4. The molecule has 3 rings (SSSR count). The predicted molar refractivity (Wildman–Crippen MR) is 84.8 cm³/mol. The molecule has 0 radical (unpaired) electrons. The topological polar surface area (TPSA) is 38.2 Å². The Kier molecular flexibility index (Phi) is 3.96. The number of hydrogen-bond donors (Lipinski definition) is 0. The minimum atomic E-state index is 0.645. The summed E-state index contributed by atoms with van der Waals surface area (Å²) in [6.45, 7) is 2.21. The number of hydrogen-bond acceptors (Lipinski definition) is 5. The number of methoxy groups -OCH3 is 1. The van der Waals surface area contributed by atoms with Gasteiger partial charge in [-0.2, -0.15) is 11.8 Å². The monoisotopic (exact) mass is 289 g/mol. The molecule has 1 aliphatic rings. The SMILES string of the molecule is COc1ccc2nccc(N3CCC(CSC)C3)c2n1. The summed E-state index contributed by atoms with van der Waals surface area (Å²) < 4.78 is 5.24. The van der Waals surface area contributed by atoms with E-state index in [4.69, 9.17) is 4.74 Å². The van der Waals surface area contributed by atoms with Crippen LogP contribution in [-0.2, 0) is 0 Å². The van der Waals surface area contributed by atoms with Crippen molar-refractivity contribution in [2.24, 2.45) is 5.92 Å². The molecule has 20 heavy (non-hydrogen) atoms. The lowest BCUT2D eigenvalue weighted by atomic mass is 10.2. The molecule has 1 saturated heterocycles. The van der Waals surface area contributed by atoms with Crippen molar-refractivity contribution >= 4 is 28.5 Å². The van der Waals surface area contributed by atoms with Gasteiger partial charge in [0.2, 0.25) is 5.88 Å². The molecule has 0 aliphatic carbocycles. The Morgan fingerprint density at radius 1 is 1.40 bits per heavy atom. The van der Waals surface area contributed by atoms with Gasteiger partial charge in [0.25, 0.3) is 0 Å². The van der Waals surface area contributed by atoms with Crippen LogP contribution in [0.2, 0.25) is 0 Å². The van der Waals surface area contributed by atoms with E-state index in [2.05, 4.69) is 27.2 Å². The maximum Gasteiger partial charge on any atom is 0.213 e. The molecule has 0 amide bonds. The standard InChI is InChI=1S/C15H19N3OS/c1-19-14-4-3-12-15(17-14)13(5-7-16-12)18-8-6-11(9-18)10-20-2/h3-5,7,11H,6,8-10H2,1-2H3. The van der Waals surface area contributed by atoms with E-state index >= 15 is 0 Å². The van der Waals surface area contributed by atoms with E-state index in [9.17, 15) is 0 Å². The Labute approximate surface area is 123 Å². The average molecular weight is 289 g/mol. The van der Waals surface area contributed by atoms with Crippen molar-refractivity contribution in [3.8, 4) is 5.88 Å². The zero-order valence-corrected chi connectivity index (χ0v) is 12.7. The number of pyridine rings is 2. The first-order valence-electron chi connectivity index (χ1n) is 6.85. The van der Waals surface area contributed by atoms with Crippen LogP contribution in [0.5, 0.6) is 5.88 Å². The zero-order valence-electron chi connectivity index (χ0n) is 11.9. The Bertz CT molecular complexity index is 605. The molecule has 2 aromatic rings. The third kappa shape index (κ3) is 2.54. The normalized spacial score (nSPS) is 18.7. The third-order valence-electron chi connectivity index (χ3n) is 3.78. The van der Waals surface area contributed by atoms with Gasteiger partial charge in [-0.3, -0.25) is 4.98 Å². The second-order valence-corrected chi connectivity index (χ2v) is 6.02. The highest BCUT2D eigenvalue weighted by molar-refractivity contribution is 7.98. The lowest BCUT2D eigenvalue weighted by Crippen LogP contribution is -2.20. The van der Waals surface area contributed by atoms with Gasteiger partial charge >= 0.3 is 0 Å². The number of aromatic nitrogens is 2. The molecular weight excluding hydrogens is 270 g/mol.